The first-order valence-electron chi connectivity index (χ1n) is 8.07. The number of rotatable bonds is 5. The van der Waals surface area contributed by atoms with E-state index in [-0.39, 0.29) is 6.54 Å². The number of aromatic nitrogens is 2. The highest BCUT2D eigenvalue weighted by Crippen LogP contribution is 2.28. The van der Waals surface area contributed by atoms with Crippen LogP contribution >= 0.6 is 46.4 Å². The van der Waals surface area contributed by atoms with Gasteiger partial charge in [-0.25, -0.2) is 4.74 Å². The molecule has 1 aromatic heterocycles. The molecular formula is C19H15Cl4N3O. The van der Waals surface area contributed by atoms with Crippen molar-refractivity contribution in [1.29, 1.82) is 0 Å². The van der Waals surface area contributed by atoms with E-state index in [1.54, 1.807) is 66.5 Å². The van der Waals surface area contributed by atoms with Gasteiger partial charge in [-0.05, 0) is 36.4 Å². The SMILES string of the molecule is C[C@@H](c1ccc(Cl)c(Cl)c1)/[N+]([O-])=C(/Cn1cccn1)c1ccc(Cl)cc1Cl. The van der Waals surface area contributed by atoms with Crippen molar-refractivity contribution in [3.8, 4) is 0 Å². The van der Waals surface area contributed by atoms with Crippen LogP contribution in [0.5, 0.6) is 0 Å². The Hall–Kier alpha value is -1.72. The van der Waals surface area contributed by atoms with Crippen LogP contribution in [0.2, 0.25) is 20.1 Å². The van der Waals surface area contributed by atoms with Crippen LogP contribution in [0.15, 0.2) is 54.9 Å². The van der Waals surface area contributed by atoms with E-state index < -0.39 is 6.04 Å². The Labute approximate surface area is 177 Å². The highest BCUT2D eigenvalue weighted by atomic mass is 35.5. The summed E-state index contributed by atoms with van der Waals surface area (Å²) in [6, 6.07) is 11.5. The molecule has 0 saturated heterocycles. The molecule has 0 aliphatic rings. The van der Waals surface area contributed by atoms with Crippen molar-refractivity contribution in [3.05, 3.63) is 91.3 Å². The van der Waals surface area contributed by atoms with Gasteiger partial charge in [0, 0.05) is 29.9 Å². The van der Waals surface area contributed by atoms with Gasteiger partial charge in [-0.2, -0.15) is 5.10 Å². The highest BCUT2D eigenvalue weighted by molar-refractivity contribution is 6.42. The highest BCUT2D eigenvalue weighted by Gasteiger charge is 2.23. The maximum absolute atomic E-state index is 13.3. The second-order valence-corrected chi connectivity index (χ2v) is 7.61. The van der Waals surface area contributed by atoms with Crippen molar-refractivity contribution < 1.29 is 4.74 Å². The zero-order chi connectivity index (χ0) is 19.6. The summed E-state index contributed by atoms with van der Waals surface area (Å²) >= 11 is 24.5. The first kappa shape index (κ1) is 20.0. The number of hydroxylamine groups is 1. The molecule has 0 aliphatic heterocycles. The normalized spacial score (nSPS) is 13.4. The molecule has 2 aromatic carbocycles. The van der Waals surface area contributed by atoms with Gasteiger partial charge in [-0.1, -0.05) is 52.5 Å². The summed E-state index contributed by atoms with van der Waals surface area (Å²) in [6.07, 6.45) is 3.43. The minimum atomic E-state index is -0.517. The van der Waals surface area contributed by atoms with Crippen molar-refractivity contribution in [2.45, 2.75) is 19.5 Å². The summed E-state index contributed by atoms with van der Waals surface area (Å²) in [5, 5.41) is 19.2. The molecule has 0 fully saturated rings. The monoisotopic (exact) mass is 441 g/mol. The summed E-state index contributed by atoms with van der Waals surface area (Å²) in [5.41, 5.74) is 1.79. The van der Waals surface area contributed by atoms with Gasteiger partial charge in [-0.15, -0.1) is 0 Å². The van der Waals surface area contributed by atoms with Gasteiger partial charge >= 0.3 is 0 Å². The van der Waals surface area contributed by atoms with Crippen molar-refractivity contribution in [1.82, 2.24) is 9.78 Å². The molecule has 1 heterocycles. The van der Waals surface area contributed by atoms with Crippen LogP contribution in [0.4, 0.5) is 0 Å². The molecule has 27 heavy (non-hydrogen) atoms. The van der Waals surface area contributed by atoms with Crippen LogP contribution < -0.4 is 0 Å². The lowest BCUT2D eigenvalue weighted by molar-refractivity contribution is -0.504. The quantitative estimate of drug-likeness (QED) is 0.202. The van der Waals surface area contributed by atoms with Crippen LogP contribution in [-0.4, -0.2) is 20.2 Å². The van der Waals surface area contributed by atoms with Gasteiger partial charge in [0.1, 0.15) is 6.54 Å². The van der Waals surface area contributed by atoms with Gasteiger partial charge in [0.05, 0.1) is 20.6 Å². The molecule has 3 aromatic rings. The summed E-state index contributed by atoms with van der Waals surface area (Å²) in [7, 11) is 0. The smallest absolute Gasteiger partial charge is 0.218 e. The van der Waals surface area contributed by atoms with E-state index in [4.69, 9.17) is 46.4 Å². The molecule has 0 aliphatic carbocycles. The number of benzene rings is 2. The van der Waals surface area contributed by atoms with Crippen LogP contribution in [0.25, 0.3) is 0 Å². The minimum absolute atomic E-state index is 0.253. The van der Waals surface area contributed by atoms with Crippen molar-refractivity contribution >= 4 is 52.1 Å². The molecule has 0 N–H and O–H groups in total. The van der Waals surface area contributed by atoms with E-state index in [0.29, 0.717) is 31.4 Å². The fourth-order valence-corrected chi connectivity index (χ4v) is 3.51. The molecule has 0 bridgehead atoms. The summed E-state index contributed by atoms with van der Waals surface area (Å²) in [4.78, 5) is 0. The number of halogens is 4. The van der Waals surface area contributed by atoms with E-state index in [2.05, 4.69) is 5.10 Å². The predicted molar refractivity (Wildman–Crippen MR) is 111 cm³/mol. The predicted octanol–water partition coefficient (Wildman–Crippen LogP) is 6.26. The standard InChI is InChI=1S/C19H15Cl4N3O/c1-12(13-3-6-16(21)18(23)9-13)26(27)19(11-25-8-2-7-24-25)15-5-4-14(20)10-17(15)22/h2-10,12H,11H2,1H3/b26-19+/t12-/m0/s1. The maximum Gasteiger partial charge on any atom is 0.218 e. The lowest BCUT2D eigenvalue weighted by Crippen LogP contribution is -2.25. The van der Waals surface area contributed by atoms with E-state index in [0.717, 1.165) is 10.3 Å². The molecule has 0 amide bonds. The molecular weight excluding hydrogens is 428 g/mol. The fourth-order valence-electron chi connectivity index (χ4n) is 2.69. The van der Waals surface area contributed by atoms with Gasteiger partial charge in [0.2, 0.25) is 5.71 Å². The van der Waals surface area contributed by atoms with Gasteiger partial charge in [-0.3, -0.25) is 4.68 Å². The van der Waals surface area contributed by atoms with Crippen LogP contribution in [0, 0.1) is 5.21 Å². The average molecular weight is 443 g/mol. The van der Waals surface area contributed by atoms with Crippen molar-refractivity contribution in [2.75, 3.05) is 0 Å². The molecule has 4 nitrogen and oxygen atoms in total. The summed E-state index contributed by atoms with van der Waals surface area (Å²) in [5.74, 6) is 0. The molecule has 1 atom stereocenters. The van der Waals surface area contributed by atoms with E-state index in [1.807, 2.05) is 0 Å². The number of hydrogen-bond acceptors (Lipinski definition) is 2. The lowest BCUT2D eigenvalue weighted by atomic mass is 10.1. The Morgan fingerprint density at radius 2 is 1.85 bits per heavy atom. The Morgan fingerprint density at radius 1 is 1.07 bits per heavy atom. The first-order valence-corrected chi connectivity index (χ1v) is 9.58. The summed E-state index contributed by atoms with van der Waals surface area (Å²) in [6.45, 7) is 2.04. The third-order valence-corrected chi connectivity index (χ3v) is 5.44. The largest absolute Gasteiger partial charge is 0.623 e. The second kappa shape index (κ2) is 8.53. The lowest BCUT2D eigenvalue weighted by Gasteiger charge is -2.19. The fraction of sp³-hybridized carbons (Fsp3) is 0.158. The molecule has 0 radical (unpaired) electrons. The minimum Gasteiger partial charge on any atom is -0.623 e. The first-order chi connectivity index (χ1) is 12.9. The number of hydrogen-bond donors (Lipinski definition) is 0. The molecule has 0 spiro atoms. The Kier molecular flexibility index (Phi) is 6.33. The van der Waals surface area contributed by atoms with E-state index in [1.165, 1.54) is 0 Å². The third-order valence-electron chi connectivity index (χ3n) is 4.16. The van der Waals surface area contributed by atoms with Crippen LogP contribution in [0.1, 0.15) is 24.1 Å². The average Bonchev–Trinajstić information content (AvgIpc) is 3.14. The van der Waals surface area contributed by atoms with Crippen LogP contribution in [0.3, 0.4) is 0 Å². The molecule has 0 saturated carbocycles. The van der Waals surface area contributed by atoms with Crippen LogP contribution in [-0.2, 0) is 6.54 Å². The Bertz CT molecular complexity index is 987. The molecule has 140 valence electrons. The summed E-state index contributed by atoms with van der Waals surface area (Å²) < 4.78 is 2.57. The van der Waals surface area contributed by atoms with Gasteiger partial charge < -0.3 is 5.21 Å². The molecule has 0 unspecified atom stereocenters. The zero-order valence-electron chi connectivity index (χ0n) is 14.2. The second-order valence-electron chi connectivity index (χ2n) is 5.95. The molecule has 8 heteroatoms. The third kappa shape index (κ3) is 4.58. The Morgan fingerprint density at radius 3 is 2.48 bits per heavy atom. The maximum atomic E-state index is 13.3. The van der Waals surface area contributed by atoms with Gasteiger partial charge in [0.25, 0.3) is 0 Å². The Balaban J connectivity index is 2.10. The van der Waals surface area contributed by atoms with E-state index >= 15 is 0 Å². The topological polar surface area (TPSA) is 43.9 Å². The van der Waals surface area contributed by atoms with Crippen molar-refractivity contribution in [2.24, 2.45) is 0 Å². The number of nitrogens with zero attached hydrogens (tertiary/aromatic N) is 3. The van der Waals surface area contributed by atoms with Crippen molar-refractivity contribution in [3.63, 3.8) is 0 Å². The zero-order valence-corrected chi connectivity index (χ0v) is 17.3. The molecule has 3 rings (SSSR count). The van der Waals surface area contributed by atoms with Gasteiger partial charge in [0.15, 0.2) is 6.04 Å². The van der Waals surface area contributed by atoms with E-state index in [9.17, 15) is 5.21 Å².